The molecule has 3 heterocycles. The topological polar surface area (TPSA) is 110 Å². The lowest BCUT2D eigenvalue weighted by Gasteiger charge is -2.41. The van der Waals surface area contributed by atoms with Gasteiger partial charge in [-0.3, -0.25) is 18.8 Å². The van der Waals surface area contributed by atoms with Crippen molar-refractivity contribution in [2.24, 2.45) is 0 Å². The summed E-state index contributed by atoms with van der Waals surface area (Å²) in [4.78, 5) is 51.6. The molecule has 1 aliphatic heterocycles. The molecule has 2 amide bonds. The second-order valence-corrected chi connectivity index (χ2v) is 11.9. The summed E-state index contributed by atoms with van der Waals surface area (Å²) in [5.41, 5.74) is 3.42. The summed E-state index contributed by atoms with van der Waals surface area (Å²) in [7, 11) is 0. The van der Waals surface area contributed by atoms with Crippen LogP contribution in [0, 0.1) is 0 Å². The first-order valence-corrected chi connectivity index (χ1v) is 15.6. The van der Waals surface area contributed by atoms with Gasteiger partial charge in [-0.05, 0) is 42.3 Å². The van der Waals surface area contributed by atoms with E-state index in [-0.39, 0.29) is 22.5 Å². The predicted octanol–water partition coefficient (Wildman–Crippen LogP) is 5.73. The number of hydrogen-bond donors (Lipinski definition) is 2. The number of nitrogens with one attached hydrogen (secondary N) is 1. The number of piperazine rings is 1. The highest BCUT2D eigenvalue weighted by Crippen LogP contribution is 2.32. The van der Waals surface area contributed by atoms with Gasteiger partial charge in [-0.2, -0.15) is 0 Å². The van der Waals surface area contributed by atoms with Crippen molar-refractivity contribution in [2.45, 2.75) is 24.0 Å². The SMILES string of the molecule is C[C@H](C(=O)N1CCN(C(c2ccccc2)c2ccccc2)CC1)N(Sc1ncccc1C(=O)O)C(=O)c1cc2ccccc2[nH]1. The number of benzene rings is 3. The van der Waals surface area contributed by atoms with E-state index in [1.807, 2.05) is 60.7 Å². The number of carbonyl (C=O) groups excluding carboxylic acids is 2. The van der Waals surface area contributed by atoms with Crippen molar-refractivity contribution in [1.82, 2.24) is 24.1 Å². The number of rotatable bonds is 9. The molecule has 0 bridgehead atoms. The van der Waals surface area contributed by atoms with Crippen molar-refractivity contribution in [3.8, 4) is 0 Å². The van der Waals surface area contributed by atoms with Crippen LogP contribution in [0.3, 0.4) is 0 Å². The van der Waals surface area contributed by atoms with Gasteiger partial charge in [-0.25, -0.2) is 9.78 Å². The summed E-state index contributed by atoms with van der Waals surface area (Å²) in [5.74, 6) is -1.81. The Hall–Kier alpha value is -4.93. The molecule has 0 spiro atoms. The van der Waals surface area contributed by atoms with Crippen LogP contribution in [0.2, 0.25) is 0 Å². The first kappa shape index (κ1) is 30.1. The first-order valence-electron chi connectivity index (χ1n) is 14.8. The molecule has 2 N–H and O–H groups in total. The fourth-order valence-electron chi connectivity index (χ4n) is 5.77. The average molecular weight is 620 g/mol. The van der Waals surface area contributed by atoms with Crippen molar-refractivity contribution < 1.29 is 19.5 Å². The number of aromatic amines is 1. The Balaban J connectivity index is 1.24. The van der Waals surface area contributed by atoms with Gasteiger partial charge in [0, 0.05) is 55.2 Å². The minimum Gasteiger partial charge on any atom is -0.478 e. The lowest BCUT2D eigenvalue weighted by atomic mass is 9.96. The molecular weight excluding hydrogens is 586 g/mol. The van der Waals surface area contributed by atoms with Crippen LogP contribution in [0.4, 0.5) is 0 Å². The zero-order chi connectivity index (χ0) is 31.3. The van der Waals surface area contributed by atoms with E-state index in [2.05, 4.69) is 39.1 Å². The smallest absolute Gasteiger partial charge is 0.338 e. The third-order valence-corrected chi connectivity index (χ3v) is 9.25. The fourth-order valence-corrected chi connectivity index (χ4v) is 6.75. The number of H-pyrrole nitrogens is 1. The van der Waals surface area contributed by atoms with Crippen molar-refractivity contribution in [2.75, 3.05) is 26.2 Å². The Labute approximate surface area is 265 Å². The van der Waals surface area contributed by atoms with Crippen molar-refractivity contribution in [3.05, 3.63) is 132 Å². The van der Waals surface area contributed by atoms with Crippen molar-refractivity contribution >= 4 is 40.6 Å². The molecule has 0 radical (unpaired) electrons. The normalized spacial score (nSPS) is 14.4. The highest BCUT2D eigenvalue weighted by atomic mass is 32.2. The van der Waals surface area contributed by atoms with E-state index in [1.165, 1.54) is 33.8 Å². The number of carboxylic acids is 1. The zero-order valence-corrected chi connectivity index (χ0v) is 25.6. The summed E-state index contributed by atoms with van der Waals surface area (Å²) in [6.45, 7) is 3.96. The van der Waals surface area contributed by atoms with E-state index in [1.54, 1.807) is 17.9 Å². The van der Waals surface area contributed by atoms with E-state index in [4.69, 9.17) is 0 Å². The Morgan fingerprint density at radius 2 is 1.47 bits per heavy atom. The second-order valence-electron chi connectivity index (χ2n) is 10.9. The lowest BCUT2D eigenvalue weighted by Crippen LogP contribution is -2.54. The first-order chi connectivity index (χ1) is 21.9. The molecule has 45 heavy (non-hydrogen) atoms. The molecule has 6 rings (SSSR count). The van der Waals surface area contributed by atoms with Crippen LogP contribution < -0.4 is 0 Å². The van der Waals surface area contributed by atoms with Crippen molar-refractivity contribution in [3.63, 3.8) is 0 Å². The van der Waals surface area contributed by atoms with Gasteiger partial charge < -0.3 is 15.0 Å². The molecule has 2 aromatic heterocycles. The fraction of sp³-hybridized carbons (Fsp3) is 0.200. The van der Waals surface area contributed by atoms with E-state index in [9.17, 15) is 19.5 Å². The van der Waals surface area contributed by atoms with E-state index in [0.717, 1.165) is 22.9 Å². The Kier molecular flexibility index (Phi) is 8.95. The van der Waals surface area contributed by atoms with Gasteiger partial charge in [0.2, 0.25) is 5.91 Å². The van der Waals surface area contributed by atoms with Crippen LogP contribution in [0.1, 0.15) is 44.9 Å². The molecule has 10 heteroatoms. The maximum Gasteiger partial charge on any atom is 0.338 e. The molecule has 5 aromatic rings. The summed E-state index contributed by atoms with van der Waals surface area (Å²) in [6, 6.07) is 32.1. The Morgan fingerprint density at radius 3 is 2.09 bits per heavy atom. The van der Waals surface area contributed by atoms with Gasteiger partial charge in [0.1, 0.15) is 16.8 Å². The number of carbonyl (C=O) groups is 3. The molecule has 1 aliphatic rings. The lowest BCUT2D eigenvalue weighted by molar-refractivity contribution is -0.136. The number of amides is 2. The number of carboxylic acid groups (broad SMARTS) is 1. The number of nitrogens with zero attached hydrogens (tertiary/aromatic N) is 4. The summed E-state index contributed by atoms with van der Waals surface area (Å²) >= 11 is 0.871. The molecule has 0 unspecified atom stereocenters. The van der Waals surface area contributed by atoms with Gasteiger partial charge in [0.25, 0.3) is 5.91 Å². The number of aromatic carboxylic acids is 1. The molecule has 1 saturated heterocycles. The highest BCUT2D eigenvalue weighted by molar-refractivity contribution is 7.97. The molecular formula is C35H33N5O4S. The van der Waals surface area contributed by atoms with Crippen LogP contribution in [0.5, 0.6) is 0 Å². The van der Waals surface area contributed by atoms with Crippen LogP contribution in [0.25, 0.3) is 10.9 Å². The zero-order valence-electron chi connectivity index (χ0n) is 24.7. The average Bonchev–Trinajstić information content (AvgIpc) is 3.52. The largest absolute Gasteiger partial charge is 0.478 e. The Bertz CT molecular complexity index is 1730. The van der Waals surface area contributed by atoms with E-state index >= 15 is 0 Å². The van der Waals surface area contributed by atoms with Gasteiger partial charge in [-0.1, -0.05) is 78.9 Å². The van der Waals surface area contributed by atoms with Gasteiger partial charge in [0.05, 0.1) is 11.6 Å². The monoisotopic (exact) mass is 619 g/mol. The molecule has 3 aromatic carbocycles. The van der Waals surface area contributed by atoms with E-state index < -0.39 is 17.9 Å². The number of fused-ring (bicyclic) bond motifs is 1. The summed E-state index contributed by atoms with van der Waals surface area (Å²) in [5, 5.41) is 10.8. The molecule has 0 saturated carbocycles. The van der Waals surface area contributed by atoms with Crippen LogP contribution in [-0.4, -0.2) is 79.2 Å². The summed E-state index contributed by atoms with van der Waals surface area (Å²) < 4.78 is 1.34. The van der Waals surface area contributed by atoms with Crippen molar-refractivity contribution in [1.29, 1.82) is 0 Å². The number of para-hydroxylation sites is 1. The molecule has 228 valence electrons. The third-order valence-electron chi connectivity index (χ3n) is 8.08. The third kappa shape index (κ3) is 6.47. The van der Waals surface area contributed by atoms with Crippen LogP contribution in [-0.2, 0) is 4.79 Å². The minimum atomic E-state index is -1.16. The minimum absolute atomic E-state index is 0.0434. The summed E-state index contributed by atoms with van der Waals surface area (Å²) in [6.07, 6.45) is 1.47. The predicted molar refractivity (Wildman–Crippen MR) is 174 cm³/mol. The molecule has 1 fully saturated rings. The van der Waals surface area contributed by atoms with Gasteiger partial charge in [-0.15, -0.1) is 0 Å². The maximum absolute atomic E-state index is 14.0. The van der Waals surface area contributed by atoms with E-state index in [0.29, 0.717) is 31.9 Å². The number of pyridine rings is 1. The van der Waals surface area contributed by atoms with Crippen LogP contribution in [0.15, 0.2) is 114 Å². The number of hydrogen-bond acceptors (Lipinski definition) is 6. The van der Waals surface area contributed by atoms with Gasteiger partial charge >= 0.3 is 5.97 Å². The quantitative estimate of drug-likeness (QED) is 0.203. The highest BCUT2D eigenvalue weighted by Gasteiger charge is 2.35. The molecule has 1 atom stereocenters. The van der Waals surface area contributed by atoms with Gasteiger partial charge in [0.15, 0.2) is 0 Å². The second kappa shape index (κ2) is 13.4. The molecule has 0 aliphatic carbocycles. The maximum atomic E-state index is 14.0. The van der Waals surface area contributed by atoms with Crippen LogP contribution >= 0.6 is 11.9 Å². The standard InChI is InChI=1S/C35H33N5O4S/c1-24(33(41)39-21-19-38(20-22-39)31(25-11-4-2-5-12-25)26-13-6-3-7-14-26)40(45-32-28(35(43)44)16-10-18-36-32)34(42)30-23-27-15-8-9-17-29(27)37-30/h2-18,23-24,31,37H,19-22H2,1H3,(H,43,44)/t24-/m1/s1. The number of aromatic nitrogens is 2. The Morgan fingerprint density at radius 1 is 0.844 bits per heavy atom. The molecule has 9 nitrogen and oxygen atoms in total.